The van der Waals surface area contributed by atoms with Gasteiger partial charge in [-0.25, -0.2) is 0 Å². The highest BCUT2D eigenvalue weighted by atomic mass is 16.3. The van der Waals surface area contributed by atoms with E-state index in [0.717, 1.165) is 67.6 Å². The molecule has 0 aliphatic carbocycles. The number of hydrogen-bond acceptors (Lipinski definition) is 4. The normalized spacial score (nSPS) is 12.1. The van der Waals surface area contributed by atoms with Gasteiger partial charge in [-0.05, 0) is 254 Å². The minimum atomic E-state index is 0.922. The number of para-hydroxylation sites is 2. The Labute approximate surface area is 749 Å². The van der Waals surface area contributed by atoms with Crippen LogP contribution >= 0.6 is 0 Å². The third kappa shape index (κ3) is 10.9. The van der Waals surface area contributed by atoms with Crippen molar-refractivity contribution in [3.63, 3.8) is 0 Å². The first-order valence-electron chi connectivity index (χ1n) is 44.9. The van der Waals surface area contributed by atoms with Gasteiger partial charge in [0.2, 0.25) is 0 Å². The van der Waals surface area contributed by atoms with E-state index in [-0.39, 0.29) is 0 Å². The molecule has 0 radical (unpaired) electrons. The number of furan rings is 3. The Morgan fingerprint density at radius 1 is 0.153 bits per heavy atom. The van der Waals surface area contributed by atoms with Gasteiger partial charge in [0, 0.05) is 98.8 Å². The van der Waals surface area contributed by atoms with Crippen LogP contribution in [0.1, 0.15) is 0 Å². The van der Waals surface area contributed by atoms with Crippen molar-refractivity contribution in [2.45, 2.75) is 0 Å². The first-order valence-corrected chi connectivity index (χ1v) is 44.9. The predicted octanol–water partition coefficient (Wildman–Crippen LogP) is 34.9. The minimum absolute atomic E-state index is 0.922. The lowest BCUT2D eigenvalue weighted by atomic mass is 9.94. The number of hydrogen-bond donors (Lipinski definition) is 0. The molecule has 0 saturated heterocycles. The van der Waals surface area contributed by atoms with E-state index in [1.54, 1.807) is 0 Å². The van der Waals surface area contributed by atoms with Gasteiger partial charge in [-0.2, -0.15) is 0 Å². The maximum absolute atomic E-state index is 6.54. The highest BCUT2D eigenvalue weighted by Gasteiger charge is 2.29. The Morgan fingerprint density at radius 2 is 0.450 bits per heavy atom. The van der Waals surface area contributed by atoms with Crippen LogP contribution in [0.4, 0.5) is 17.1 Å². The topological polar surface area (TPSA) is 57.5 Å². The van der Waals surface area contributed by atoms with Gasteiger partial charge >= 0.3 is 0 Å². The predicted molar refractivity (Wildman–Crippen MR) is 551 cm³/mol. The van der Waals surface area contributed by atoms with Gasteiger partial charge in [-0.3, -0.25) is 0 Å². The van der Waals surface area contributed by atoms with Crippen LogP contribution in [0.2, 0.25) is 0 Å². The lowest BCUT2D eigenvalue weighted by Gasteiger charge is -2.26. The van der Waals surface area contributed by atoms with Crippen molar-refractivity contribution in [2.75, 3.05) is 4.90 Å². The third-order valence-electron chi connectivity index (χ3n) is 27.8. The van der Waals surface area contributed by atoms with E-state index in [9.17, 15) is 0 Å². The molecule has 0 unspecified atom stereocenters. The molecule has 24 aromatic carbocycles. The molecule has 0 amide bonds. The smallest absolute Gasteiger partial charge is 0.136 e. The van der Waals surface area contributed by atoms with Crippen LogP contribution < -0.4 is 4.90 Å². The van der Waals surface area contributed by atoms with Crippen molar-refractivity contribution >= 4 is 224 Å². The number of nitrogens with zero attached hydrogens (tertiary/aromatic N) is 4. The Hall–Kier alpha value is -17.5. The summed E-state index contributed by atoms with van der Waals surface area (Å²) in [5.41, 5.74) is 26.8. The fraction of sp³-hybridized carbons (Fsp3) is 0. The Balaban J connectivity index is 0.0000000986. The van der Waals surface area contributed by atoms with Crippen molar-refractivity contribution in [2.24, 2.45) is 0 Å². The molecule has 608 valence electrons. The molecule has 0 bridgehead atoms. The van der Waals surface area contributed by atoms with Crippen molar-refractivity contribution in [1.29, 1.82) is 0 Å². The molecule has 6 aromatic heterocycles. The molecular formula is C124H74N4O3. The summed E-state index contributed by atoms with van der Waals surface area (Å²) in [6.45, 7) is 0. The molecular weight excluding hydrogens is 1590 g/mol. The Morgan fingerprint density at radius 3 is 0.870 bits per heavy atom. The molecule has 30 rings (SSSR count). The lowest BCUT2D eigenvalue weighted by molar-refractivity contribution is 0.669. The number of fused-ring (bicyclic) bond motifs is 10. The lowest BCUT2D eigenvalue weighted by Crippen LogP contribution is -2.10. The largest absolute Gasteiger partial charge is 0.456 e. The van der Waals surface area contributed by atoms with Crippen LogP contribution in [0.5, 0.6) is 0 Å². The molecule has 7 nitrogen and oxygen atoms in total. The van der Waals surface area contributed by atoms with Crippen LogP contribution in [0.15, 0.2) is 462 Å². The van der Waals surface area contributed by atoms with E-state index in [1.807, 2.05) is 0 Å². The molecule has 0 spiro atoms. The molecule has 0 atom stereocenters. The molecule has 0 saturated carbocycles. The number of anilines is 3. The molecule has 30 aromatic rings. The average Bonchev–Trinajstić information content (AvgIpc) is 1.54. The van der Waals surface area contributed by atoms with Crippen LogP contribution in [-0.4, -0.2) is 13.7 Å². The van der Waals surface area contributed by atoms with E-state index in [4.69, 9.17) is 13.3 Å². The van der Waals surface area contributed by atoms with Crippen LogP contribution in [0.25, 0.3) is 257 Å². The summed E-state index contributed by atoms with van der Waals surface area (Å²) in [6.07, 6.45) is 0. The third-order valence-corrected chi connectivity index (χ3v) is 27.8. The second-order valence-electron chi connectivity index (χ2n) is 34.7. The summed E-state index contributed by atoms with van der Waals surface area (Å²) in [5, 5.41) is 32.2. The first-order chi connectivity index (χ1) is 65.0. The van der Waals surface area contributed by atoms with Crippen LogP contribution in [0, 0.1) is 0 Å². The van der Waals surface area contributed by atoms with Gasteiger partial charge in [-0.15, -0.1) is 0 Å². The number of rotatable bonds is 9. The Bertz CT molecular complexity index is 9820. The molecule has 0 aliphatic rings. The van der Waals surface area contributed by atoms with E-state index >= 15 is 0 Å². The van der Waals surface area contributed by atoms with E-state index in [1.165, 1.54) is 207 Å². The van der Waals surface area contributed by atoms with Gasteiger partial charge < -0.3 is 31.9 Å². The van der Waals surface area contributed by atoms with Gasteiger partial charge in [0.25, 0.3) is 0 Å². The van der Waals surface area contributed by atoms with Gasteiger partial charge in [0.1, 0.15) is 33.5 Å². The van der Waals surface area contributed by atoms with Crippen molar-refractivity contribution < 1.29 is 13.3 Å². The van der Waals surface area contributed by atoms with Crippen molar-refractivity contribution in [1.82, 2.24) is 13.7 Å². The maximum Gasteiger partial charge on any atom is 0.136 e. The summed E-state index contributed by atoms with van der Waals surface area (Å²) < 4.78 is 26.8. The summed E-state index contributed by atoms with van der Waals surface area (Å²) >= 11 is 0. The summed E-state index contributed by atoms with van der Waals surface area (Å²) in [7, 11) is 0. The highest BCUT2D eigenvalue weighted by Crippen LogP contribution is 2.53. The van der Waals surface area contributed by atoms with Crippen molar-refractivity contribution in [3.05, 3.63) is 449 Å². The fourth-order valence-electron chi connectivity index (χ4n) is 22.3. The molecule has 0 fully saturated rings. The van der Waals surface area contributed by atoms with Crippen LogP contribution in [0.3, 0.4) is 0 Å². The second-order valence-corrected chi connectivity index (χ2v) is 34.7. The average molecular weight is 1670 g/mol. The zero-order valence-electron chi connectivity index (χ0n) is 70.7. The van der Waals surface area contributed by atoms with E-state index in [2.05, 4.69) is 468 Å². The molecule has 7 heteroatoms. The standard InChI is InChI=1S/C42H26N2O.C42H25NO.C40H23NO/c1-3-12-27(13-4-1)43(28-14-5-2-6-15-28)29-16-9-17-30(26-29)44-35-22-10-20-33-31-18-7-8-19-32(31)34-21-11-23-37-40(34)42-38(45-37)25-24-36(44)41(42)39(33)35;1-2-10-26(11-3-1)29-12-4-5-13-30(29)27-20-22-28(23-21-27)43-35-18-8-16-33-31-14-6-7-15-32(31)34-17-9-19-37-40(34)42-38(44-37)25-24-36(43)41(42)39(33)35;1-2-8-26-23-27(16-15-24(26)7-1)25-17-19-28(20-18-25)41-33-13-5-11-31-29-9-3-4-10-30(29)32-12-6-14-35-38(32)40-36(42-35)22-21-34(41)39(40)37(31)33/h1-26H;1-25H;1-23H. The summed E-state index contributed by atoms with van der Waals surface area (Å²) in [6, 6.07) is 162. The zero-order valence-corrected chi connectivity index (χ0v) is 70.7. The Kier molecular flexibility index (Phi) is 15.8. The van der Waals surface area contributed by atoms with Crippen LogP contribution in [-0.2, 0) is 0 Å². The minimum Gasteiger partial charge on any atom is -0.456 e. The summed E-state index contributed by atoms with van der Waals surface area (Å²) in [5.74, 6) is 0. The summed E-state index contributed by atoms with van der Waals surface area (Å²) in [4.78, 5) is 2.32. The second kappa shape index (κ2) is 28.5. The molecule has 131 heavy (non-hydrogen) atoms. The monoisotopic (exact) mass is 1670 g/mol. The van der Waals surface area contributed by atoms with Gasteiger partial charge in [-0.1, -0.05) is 303 Å². The SMILES string of the molecule is c1ccc(-c2ccccc2-c2ccc(-n3c4cccc5c6ccccc6c6cccc7oc8ccc3c(c8c76)c54)cc2)cc1.c1ccc(N(c2ccccc2)c2cccc(-n3c4cccc5c6ccccc6c6cccc7oc8ccc3c(c8c76)c54)c2)cc1.c1ccc2cc(-c3ccc(-n4c5cccc6c7ccccc7c7cccc8oc9ccc4c(c9c87)c65)cc3)ccc2c1. The van der Waals surface area contributed by atoms with Gasteiger partial charge in [0.15, 0.2) is 0 Å². The number of benzene rings is 21. The zero-order chi connectivity index (χ0) is 85.6. The fourth-order valence-corrected chi connectivity index (χ4v) is 22.3. The maximum atomic E-state index is 6.54. The van der Waals surface area contributed by atoms with E-state index in [0.29, 0.717) is 0 Å². The van der Waals surface area contributed by atoms with Crippen molar-refractivity contribution in [3.8, 4) is 50.4 Å². The highest BCUT2D eigenvalue weighted by molar-refractivity contribution is 6.42. The quantitative estimate of drug-likeness (QED) is 0.145. The molecule has 0 N–H and O–H groups in total. The molecule has 0 aliphatic heterocycles. The number of aromatic nitrogens is 3. The van der Waals surface area contributed by atoms with Gasteiger partial charge in [0.05, 0.1) is 33.1 Å². The molecule has 6 heterocycles. The van der Waals surface area contributed by atoms with E-state index < -0.39 is 0 Å². The first kappa shape index (κ1) is 72.8.